The van der Waals surface area contributed by atoms with Crippen LogP contribution in [0.4, 0.5) is 5.82 Å². The lowest BCUT2D eigenvalue weighted by Gasteiger charge is -2.15. The van der Waals surface area contributed by atoms with E-state index in [9.17, 15) is 4.79 Å². The summed E-state index contributed by atoms with van der Waals surface area (Å²) in [6, 6.07) is 17.8. The summed E-state index contributed by atoms with van der Waals surface area (Å²) in [5, 5.41) is 16.6. The van der Waals surface area contributed by atoms with E-state index < -0.39 is 6.10 Å². The summed E-state index contributed by atoms with van der Waals surface area (Å²) in [6.07, 6.45) is 0.911. The fraction of sp³-hybridized carbons (Fsp3) is 0.150. The van der Waals surface area contributed by atoms with Gasteiger partial charge in [-0.25, -0.2) is 4.68 Å². The molecule has 136 valence electrons. The van der Waals surface area contributed by atoms with Gasteiger partial charge in [-0.05, 0) is 48.9 Å². The SMILES string of the molecule is CC(Oc1ccc(C#N)cc1)C(=O)Nc1ccnn1Cc1ccc(Cl)cc1. The third-order valence-corrected chi connectivity index (χ3v) is 4.13. The topological polar surface area (TPSA) is 79.9 Å². The van der Waals surface area contributed by atoms with E-state index in [2.05, 4.69) is 10.4 Å². The fourth-order valence-corrected chi connectivity index (χ4v) is 2.55. The first-order valence-electron chi connectivity index (χ1n) is 8.29. The van der Waals surface area contributed by atoms with Gasteiger partial charge < -0.3 is 10.1 Å². The molecule has 3 aromatic rings. The number of hydrogen-bond acceptors (Lipinski definition) is 4. The largest absolute Gasteiger partial charge is 0.481 e. The standard InChI is InChI=1S/C20H17ClN4O2/c1-14(27-18-8-4-15(12-22)5-9-18)20(26)24-19-10-11-23-25(19)13-16-2-6-17(21)7-3-16/h2-11,14H,13H2,1H3,(H,24,26). The first-order chi connectivity index (χ1) is 13.0. The van der Waals surface area contributed by atoms with Crippen LogP contribution in [-0.2, 0) is 11.3 Å². The van der Waals surface area contributed by atoms with Gasteiger partial charge in [-0.3, -0.25) is 4.79 Å². The van der Waals surface area contributed by atoms with Gasteiger partial charge in [-0.15, -0.1) is 0 Å². The van der Waals surface area contributed by atoms with Crippen LogP contribution >= 0.6 is 11.6 Å². The molecule has 27 heavy (non-hydrogen) atoms. The molecule has 1 N–H and O–H groups in total. The van der Waals surface area contributed by atoms with Crippen molar-refractivity contribution in [3.63, 3.8) is 0 Å². The maximum absolute atomic E-state index is 12.4. The number of amides is 1. The molecule has 1 amide bonds. The molecule has 3 rings (SSSR count). The van der Waals surface area contributed by atoms with Gasteiger partial charge in [-0.1, -0.05) is 23.7 Å². The number of halogens is 1. The van der Waals surface area contributed by atoms with Crippen molar-refractivity contribution in [2.24, 2.45) is 0 Å². The van der Waals surface area contributed by atoms with Crippen molar-refractivity contribution in [1.82, 2.24) is 9.78 Å². The molecule has 0 radical (unpaired) electrons. The van der Waals surface area contributed by atoms with E-state index in [0.717, 1.165) is 5.56 Å². The molecular weight excluding hydrogens is 364 g/mol. The molecule has 1 unspecified atom stereocenters. The van der Waals surface area contributed by atoms with E-state index in [1.165, 1.54) is 0 Å². The van der Waals surface area contributed by atoms with Gasteiger partial charge in [0.05, 0.1) is 24.4 Å². The van der Waals surface area contributed by atoms with E-state index in [0.29, 0.717) is 28.7 Å². The average molecular weight is 381 g/mol. The molecule has 0 aliphatic heterocycles. The van der Waals surface area contributed by atoms with Crippen molar-refractivity contribution in [3.05, 3.63) is 76.9 Å². The number of rotatable bonds is 6. The number of nitrogens with zero attached hydrogens (tertiary/aromatic N) is 3. The van der Waals surface area contributed by atoms with Gasteiger partial charge in [0.15, 0.2) is 6.10 Å². The molecule has 2 aromatic carbocycles. The highest BCUT2D eigenvalue weighted by Gasteiger charge is 2.17. The number of nitriles is 1. The Hall–Kier alpha value is -3.30. The predicted molar refractivity (Wildman–Crippen MR) is 103 cm³/mol. The molecule has 0 saturated heterocycles. The number of ether oxygens (including phenoxy) is 1. The molecule has 0 spiro atoms. The lowest BCUT2D eigenvalue weighted by atomic mass is 10.2. The highest BCUT2D eigenvalue weighted by molar-refractivity contribution is 6.30. The molecule has 6 nitrogen and oxygen atoms in total. The summed E-state index contributed by atoms with van der Waals surface area (Å²) < 4.78 is 7.32. The molecule has 1 aromatic heterocycles. The lowest BCUT2D eigenvalue weighted by molar-refractivity contribution is -0.122. The Morgan fingerprint density at radius 3 is 2.59 bits per heavy atom. The van der Waals surface area contributed by atoms with Gasteiger partial charge >= 0.3 is 0 Å². The number of carbonyl (C=O) groups excluding carboxylic acids is 1. The summed E-state index contributed by atoms with van der Waals surface area (Å²) in [6.45, 7) is 2.16. The van der Waals surface area contributed by atoms with Crippen molar-refractivity contribution < 1.29 is 9.53 Å². The van der Waals surface area contributed by atoms with Gasteiger partial charge in [-0.2, -0.15) is 10.4 Å². The van der Waals surface area contributed by atoms with Crippen LogP contribution in [0.2, 0.25) is 5.02 Å². The molecule has 0 bridgehead atoms. The summed E-state index contributed by atoms with van der Waals surface area (Å²) in [5.74, 6) is 0.800. The van der Waals surface area contributed by atoms with Crippen LogP contribution < -0.4 is 10.1 Å². The van der Waals surface area contributed by atoms with Crippen molar-refractivity contribution in [1.29, 1.82) is 5.26 Å². The van der Waals surface area contributed by atoms with Crippen molar-refractivity contribution in [3.8, 4) is 11.8 Å². The summed E-state index contributed by atoms with van der Waals surface area (Å²) >= 11 is 5.90. The number of benzene rings is 2. The van der Waals surface area contributed by atoms with Crippen LogP contribution in [0.3, 0.4) is 0 Å². The Morgan fingerprint density at radius 2 is 1.93 bits per heavy atom. The molecule has 0 aliphatic rings. The third kappa shape index (κ3) is 4.87. The molecule has 7 heteroatoms. The average Bonchev–Trinajstić information content (AvgIpc) is 3.10. The quantitative estimate of drug-likeness (QED) is 0.704. The zero-order valence-electron chi connectivity index (χ0n) is 14.6. The minimum atomic E-state index is -0.711. The smallest absolute Gasteiger partial charge is 0.266 e. The predicted octanol–water partition coefficient (Wildman–Crippen LogP) is 3.86. The van der Waals surface area contributed by atoms with Crippen molar-refractivity contribution >= 4 is 23.3 Å². The Bertz CT molecular complexity index is 959. The van der Waals surface area contributed by atoms with Crippen LogP contribution in [0.25, 0.3) is 0 Å². The van der Waals surface area contributed by atoms with Crippen LogP contribution in [-0.4, -0.2) is 21.8 Å². The minimum absolute atomic E-state index is 0.294. The Kier molecular flexibility index (Phi) is 5.74. The van der Waals surface area contributed by atoms with E-state index in [1.807, 2.05) is 30.3 Å². The first kappa shape index (κ1) is 18.5. The van der Waals surface area contributed by atoms with Gasteiger partial charge in [0, 0.05) is 11.1 Å². The molecule has 0 fully saturated rings. The minimum Gasteiger partial charge on any atom is -0.481 e. The maximum Gasteiger partial charge on any atom is 0.266 e. The maximum atomic E-state index is 12.4. The van der Waals surface area contributed by atoms with E-state index in [4.69, 9.17) is 21.6 Å². The zero-order chi connectivity index (χ0) is 19.2. The number of hydrogen-bond donors (Lipinski definition) is 1. The normalized spacial score (nSPS) is 11.4. The van der Waals surface area contributed by atoms with Crippen LogP contribution in [0, 0.1) is 11.3 Å². The van der Waals surface area contributed by atoms with Gasteiger partial charge in [0.2, 0.25) is 0 Å². The summed E-state index contributed by atoms with van der Waals surface area (Å²) in [4.78, 5) is 12.4. The second kappa shape index (κ2) is 8.39. The van der Waals surface area contributed by atoms with Gasteiger partial charge in [0.1, 0.15) is 11.6 Å². The third-order valence-electron chi connectivity index (χ3n) is 3.88. The molecule has 1 atom stereocenters. The lowest BCUT2D eigenvalue weighted by Crippen LogP contribution is -2.31. The van der Waals surface area contributed by atoms with Crippen LogP contribution in [0.1, 0.15) is 18.1 Å². The van der Waals surface area contributed by atoms with Crippen LogP contribution in [0.5, 0.6) is 5.75 Å². The van der Waals surface area contributed by atoms with E-state index >= 15 is 0 Å². The molecule has 1 heterocycles. The second-order valence-electron chi connectivity index (χ2n) is 5.89. The zero-order valence-corrected chi connectivity index (χ0v) is 15.3. The molecule has 0 aliphatic carbocycles. The molecule has 0 saturated carbocycles. The van der Waals surface area contributed by atoms with E-state index in [-0.39, 0.29) is 5.91 Å². The summed E-state index contributed by atoms with van der Waals surface area (Å²) in [5.41, 5.74) is 1.55. The highest BCUT2D eigenvalue weighted by Crippen LogP contribution is 2.16. The van der Waals surface area contributed by atoms with Crippen LogP contribution in [0.15, 0.2) is 60.8 Å². The van der Waals surface area contributed by atoms with E-state index in [1.54, 1.807) is 48.1 Å². The van der Waals surface area contributed by atoms with Gasteiger partial charge in [0.25, 0.3) is 5.91 Å². The monoisotopic (exact) mass is 380 g/mol. The number of nitrogens with one attached hydrogen (secondary N) is 1. The Balaban J connectivity index is 1.62. The number of aromatic nitrogens is 2. The first-order valence-corrected chi connectivity index (χ1v) is 8.67. The van der Waals surface area contributed by atoms with Crippen molar-refractivity contribution in [2.75, 3.05) is 5.32 Å². The van der Waals surface area contributed by atoms with Crippen molar-refractivity contribution in [2.45, 2.75) is 19.6 Å². The Morgan fingerprint density at radius 1 is 1.22 bits per heavy atom. The summed E-state index contributed by atoms with van der Waals surface area (Å²) in [7, 11) is 0. The molecular formula is C20H17ClN4O2. The fourth-order valence-electron chi connectivity index (χ4n) is 2.42. The Labute approximate surface area is 161 Å². The number of carbonyl (C=O) groups is 1. The second-order valence-corrected chi connectivity index (χ2v) is 6.32. The number of anilines is 1. The highest BCUT2D eigenvalue weighted by atomic mass is 35.5.